The van der Waals surface area contributed by atoms with Gasteiger partial charge >= 0.3 is 0 Å². The van der Waals surface area contributed by atoms with Gasteiger partial charge in [-0.05, 0) is 25.2 Å². The lowest BCUT2D eigenvalue weighted by molar-refractivity contribution is -0.384. The molecule has 0 saturated carbocycles. The molecular weight excluding hydrogens is 318 g/mol. The minimum atomic E-state index is -0.478. The van der Waals surface area contributed by atoms with E-state index in [2.05, 4.69) is 15.7 Å². The molecule has 0 amide bonds. The van der Waals surface area contributed by atoms with Gasteiger partial charge in [0.1, 0.15) is 5.75 Å². The Morgan fingerprint density at radius 2 is 2.26 bits per heavy atom. The number of rotatable bonds is 5. The lowest BCUT2D eigenvalue weighted by atomic mass is 10.2. The molecule has 9 heteroatoms. The van der Waals surface area contributed by atoms with Crippen molar-refractivity contribution in [2.75, 3.05) is 12.4 Å². The van der Waals surface area contributed by atoms with Gasteiger partial charge in [0.15, 0.2) is 5.11 Å². The number of non-ortho nitro benzene ring substituents is 1. The molecule has 8 nitrogen and oxygen atoms in total. The number of nitrogens with zero attached hydrogens (tertiary/aromatic N) is 3. The molecule has 0 bridgehead atoms. The number of nitrogens with one attached hydrogen (secondary N) is 2. The molecule has 0 spiro atoms. The second-order valence-electron chi connectivity index (χ2n) is 4.86. The van der Waals surface area contributed by atoms with Gasteiger partial charge in [-0.1, -0.05) is 0 Å². The number of hydrogen-bond donors (Lipinski definition) is 2. The van der Waals surface area contributed by atoms with Crippen molar-refractivity contribution in [3.8, 4) is 5.75 Å². The van der Waals surface area contributed by atoms with Crippen LogP contribution in [0, 0.1) is 17.0 Å². The summed E-state index contributed by atoms with van der Waals surface area (Å²) in [6, 6.07) is 4.29. The van der Waals surface area contributed by atoms with E-state index in [0.717, 1.165) is 11.3 Å². The first kappa shape index (κ1) is 16.7. The van der Waals surface area contributed by atoms with E-state index in [1.54, 1.807) is 10.7 Å². The fourth-order valence-corrected chi connectivity index (χ4v) is 2.24. The molecule has 1 aromatic heterocycles. The number of ether oxygens (including phenoxy) is 1. The minimum absolute atomic E-state index is 0.0442. The summed E-state index contributed by atoms with van der Waals surface area (Å²) in [5.41, 5.74) is 2.47. The van der Waals surface area contributed by atoms with Crippen LogP contribution in [0.3, 0.4) is 0 Å². The smallest absolute Gasteiger partial charge is 0.273 e. The van der Waals surface area contributed by atoms with Gasteiger partial charge < -0.3 is 15.4 Å². The Balaban J connectivity index is 2.02. The van der Waals surface area contributed by atoms with Crippen LogP contribution in [0.5, 0.6) is 5.75 Å². The van der Waals surface area contributed by atoms with Crippen LogP contribution >= 0.6 is 12.2 Å². The zero-order chi connectivity index (χ0) is 17.0. The summed E-state index contributed by atoms with van der Waals surface area (Å²) in [6.45, 7) is 2.45. The van der Waals surface area contributed by atoms with Crippen molar-refractivity contribution < 1.29 is 9.66 Å². The molecule has 0 atom stereocenters. The average Bonchev–Trinajstić information content (AvgIpc) is 2.83. The van der Waals surface area contributed by atoms with Crippen LogP contribution in [0.15, 0.2) is 24.4 Å². The summed E-state index contributed by atoms with van der Waals surface area (Å²) >= 11 is 5.24. The van der Waals surface area contributed by atoms with Crippen molar-refractivity contribution in [2.45, 2.75) is 13.5 Å². The number of aromatic nitrogens is 2. The lowest BCUT2D eigenvalue weighted by Gasteiger charge is -2.13. The van der Waals surface area contributed by atoms with Gasteiger partial charge in [0.05, 0.1) is 29.5 Å². The molecule has 0 fully saturated rings. The molecule has 2 aromatic rings. The highest BCUT2D eigenvalue weighted by atomic mass is 32.1. The first-order valence-electron chi connectivity index (χ1n) is 6.77. The van der Waals surface area contributed by atoms with E-state index in [1.165, 1.54) is 19.2 Å². The Hall–Kier alpha value is -2.68. The van der Waals surface area contributed by atoms with Crippen LogP contribution in [0.25, 0.3) is 0 Å². The Kier molecular flexibility index (Phi) is 5.12. The molecular formula is C14H17N5O3S. The molecule has 0 saturated heterocycles. The third kappa shape index (κ3) is 4.16. The number of benzene rings is 1. The maximum Gasteiger partial charge on any atom is 0.273 e. The monoisotopic (exact) mass is 335 g/mol. The zero-order valence-electron chi connectivity index (χ0n) is 13.0. The standard InChI is InChI=1S/C14H17N5O3S/c1-9-10(8-18(2)17-9)7-15-14(23)16-12-5-4-11(19(20)21)6-13(12)22-3/h4-6,8H,7H2,1-3H3,(H2,15,16,23). The second kappa shape index (κ2) is 7.05. The molecule has 2 N–H and O–H groups in total. The van der Waals surface area contributed by atoms with Crippen molar-refractivity contribution in [3.63, 3.8) is 0 Å². The molecule has 1 heterocycles. The molecule has 2 rings (SSSR count). The second-order valence-corrected chi connectivity index (χ2v) is 5.27. The normalized spacial score (nSPS) is 10.2. The van der Waals surface area contributed by atoms with Crippen molar-refractivity contribution >= 4 is 28.7 Å². The topological polar surface area (TPSA) is 94.3 Å². The summed E-state index contributed by atoms with van der Waals surface area (Å²) in [5.74, 6) is 0.348. The molecule has 0 aliphatic heterocycles. The largest absolute Gasteiger partial charge is 0.494 e. The molecule has 122 valence electrons. The predicted octanol–water partition coefficient (Wildman–Crippen LogP) is 2.13. The van der Waals surface area contributed by atoms with Gasteiger partial charge in [-0.15, -0.1) is 0 Å². The van der Waals surface area contributed by atoms with Crippen molar-refractivity contribution in [3.05, 3.63) is 45.8 Å². The summed E-state index contributed by atoms with van der Waals surface area (Å²) in [6.07, 6.45) is 1.91. The fourth-order valence-electron chi connectivity index (χ4n) is 2.06. The van der Waals surface area contributed by atoms with E-state index in [9.17, 15) is 10.1 Å². The van der Waals surface area contributed by atoms with Crippen LogP contribution in [0.4, 0.5) is 11.4 Å². The van der Waals surface area contributed by atoms with Crippen LogP contribution in [-0.2, 0) is 13.6 Å². The average molecular weight is 335 g/mol. The Morgan fingerprint density at radius 3 is 2.83 bits per heavy atom. The van der Waals surface area contributed by atoms with E-state index in [4.69, 9.17) is 17.0 Å². The highest BCUT2D eigenvalue weighted by molar-refractivity contribution is 7.80. The van der Waals surface area contributed by atoms with Crippen LogP contribution in [-0.4, -0.2) is 26.9 Å². The number of hydrogen-bond acceptors (Lipinski definition) is 5. The van der Waals surface area contributed by atoms with E-state index in [-0.39, 0.29) is 5.69 Å². The minimum Gasteiger partial charge on any atom is -0.494 e. The summed E-state index contributed by atoms with van der Waals surface area (Å²) in [4.78, 5) is 10.3. The summed E-state index contributed by atoms with van der Waals surface area (Å²) in [5, 5.41) is 21.5. The van der Waals surface area contributed by atoms with Crippen molar-refractivity contribution in [2.24, 2.45) is 7.05 Å². The first-order chi connectivity index (χ1) is 10.9. The van der Waals surface area contributed by atoms with Gasteiger partial charge in [-0.3, -0.25) is 14.8 Å². The highest BCUT2D eigenvalue weighted by Gasteiger charge is 2.12. The Bertz CT molecular complexity index is 744. The SMILES string of the molecule is COc1cc([N+](=O)[O-])ccc1NC(=S)NCc1cn(C)nc1C. The quantitative estimate of drug-likeness (QED) is 0.491. The van der Waals surface area contributed by atoms with Crippen molar-refractivity contribution in [1.29, 1.82) is 0 Å². The maximum atomic E-state index is 10.8. The van der Waals surface area contributed by atoms with E-state index >= 15 is 0 Å². The predicted molar refractivity (Wildman–Crippen MR) is 90.7 cm³/mol. The number of anilines is 1. The van der Waals surface area contributed by atoms with Gasteiger partial charge in [0.2, 0.25) is 0 Å². The molecule has 23 heavy (non-hydrogen) atoms. The lowest BCUT2D eigenvalue weighted by Crippen LogP contribution is -2.28. The highest BCUT2D eigenvalue weighted by Crippen LogP contribution is 2.28. The number of aryl methyl sites for hydroxylation is 2. The number of nitro groups is 1. The Morgan fingerprint density at radius 1 is 1.52 bits per heavy atom. The number of thiocarbonyl (C=S) groups is 1. The van der Waals surface area contributed by atoms with E-state index in [1.807, 2.05) is 20.2 Å². The fraction of sp³-hybridized carbons (Fsp3) is 0.286. The van der Waals surface area contributed by atoms with Gasteiger partial charge in [0, 0.05) is 31.4 Å². The molecule has 0 radical (unpaired) electrons. The summed E-state index contributed by atoms with van der Waals surface area (Å²) < 4.78 is 6.89. The third-order valence-corrected chi connectivity index (χ3v) is 3.45. The summed E-state index contributed by atoms with van der Waals surface area (Å²) in [7, 11) is 3.30. The van der Waals surface area contributed by atoms with Gasteiger partial charge in [0.25, 0.3) is 5.69 Å². The Labute approximate surface area is 138 Å². The van der Waals surface area contributed by atoms with E-state index in [0.29, 0.717) is 23.1 Å². The van der Waals surface area contributed by atoms with Crippen LogP contribution < -0.4 is 15.4 Å². The molecule has 1 aromatic carbocycles. The molecule has 0 unspecified atom stereocenters. The van der Waals surface area contributed by atoms with Crippen LogP contribution in [0.1, 0.15) is 11.3 Å². The molecule has 0 aliphatic carbocycles. The van der Waals surface area contributed by atoms with Crippen molar-refractivity contribution in [1.82, 2.24) is 15.1 Å². The van der Waals surface area contributed by atoms with E-state index < -0.39 is 4.92 Å². The zero-order valence-corrected chi connectivity index (χ0v) is 13.8. The number of methoxy groups -OCH3 is 1. The first-order valence-corrected chi connectivity index (χ1v) is 7.18. The van der Waals surface area contributed by atoms with Crippen LogP contribution in [0.2, 0.25) is 0 Å². The van der Waals surface area contributed by atoms with Gasteiger partial charge in [-0.25, -0.2) is 0 Å². The third-order valence-electron chi connectivity index (χ3n) is 3.20. The number of nitro benzene ring substituents is 1. The maximum absolute atomic E-state index is 10.8. The van der Waals surface area contributed by atoms with Gasteiger partial charge in [-0.2, -0.15) is 5.10 Å². The molecule has 0 aliphatic rings.